The van der Waals surface area contributed by atoms with Crippen LogP contribution in [0.2, 0.25) is 0 Å². The molecule has 2 atom stereocenters. The Balaban J connectivity index is 1.48. The highest BCUT2D eigenvalue weighted by Crippen LogP contribution is 2.47. The molecular weight excluding hydrogens is 642 g/mol. The van der Waals surface area contributed by atoms with Crippen LogP contribution in [0, 0.1) is 0 Å². The Labute approximate surface area is 268 Å². The number of alkyl halides is 3. The van der Waals surface area contributed by atoms with Gasteiger partial charge in [-0.15, -0.1) is 0 Å². The van der Waals surface area contributed by atoms with Crippen LogP contribution in [0.4, 0.5) is 36.3 Å². The van der Waals surface area contributed by atoms with Crippen LogP contribution in [-0.2, 0) is 34.5 Å². The molecule has 1 aliphatic rings. The second kappa shape index (κ2) is 14.0. The third-order valence-corrected chi connectivity index (χ3v) is 8.93. The molecule has 5 N–H and O–H groups in total. The van der Waals surface area contributed by atoms with E-state index in [9.17, 15) is 27.7 Å². The van der Waals surface area contributed by atoms with Crippen molar-refractivity contribution in [3.63, 3.8) is 0 Å². The van der Waals surface area contributed by atoms with Gasteiger partial charge in [0, 0.05) is 48.9 Å². The highest BCUT2D eigenvalue weighted by atomic mass is 31.2. The molecule has 0 bridgehead atoms. The fourth-order valence-electron chi connectivity index (χ4n) is 5.33. The lowest BCUT2D eigenvalue weighted by Gasteiger charge is -2.20. The van der Waals surface area contributed by atoms with E-state index >= 15 is 0 Å². The third kappa shape index (κ3) is 7.75. The number of benzene rings is 2. The van der Waals surface area contributed by atoms with E-state index < -0.39 is 31.4 Å². The van der Waals surface area contributed by atoms with Gasteiger partial charge in [0.2, 0.25) is 5.95 Å². The second-order valence-corrected chi connectivity index (χ2v) is 12.7. The van der Waals surface area contributed by atoms with E-state index in [4.69, 9.17) is 14.4 Å². The maximum Gasteiger partial charge on any atom is 0.421 e. The first kappa shape index (κ1) is 34.3. The van der Waals surface area contributed by atoms with Gasteiger partial charge in [0.25, 0.3) is 0 Å². The van der Waals surface area contributed by atoms with Crippen LogP contribution >= 0.6 is 7.60 Å². The standard InChI is InChI=1S/C30H35F3N7O6P/c1-4-46-47(43,44)17-18-6-8-23(25(12-18)45-3)37-29-34-14-22(30(31,32)33)27(38-29)36-24-9-7-20(21-16-39(2)28(42)26(21)24)19-13-35-40(15-19)10-5-11-41/h6-9,12-15,28,41-42H,4-5,10-11,16-17H2,1-3H3,(H,43,44)(H2,34,36,37,38). The lowest BCUT2D eigenvalue weighted by Crippen LogP contribution is -2.16. The lowest BCUT2D eigenvalue weighted by molar-refractivity contribution is -0.137. The number of rotatable bonds is 13. The number of nitrogens with zero attached hydrogens (tertiary/aromatic N) is 5. The van der Waals surface area contributed by atoms with Crippen LogP contribution in [0.1, 0.15) is 41.8 Å². The van der Waals surface area contributed by atoms with Crippen molar-refractivity contribution in [2.45, 2.75) is 45.0 Å². The van der Waals surface area contributed by atoms with Gasteiger partial charge in [-0.05, 0) is 55.3 Å². The third-order valence-electron chi connectivity index (χ3n) is 7.50. The summed E-state index contributed by atoms with van der Waals surface area (Å²) in [4.78, 5) is 19.7. The number of nitrogens with one attached hydrogen (secondary N) is 2. The van der Waals surface area contributed by atoms with Crippen LogP contribution < -0.4 is 15.4 Å². The first-order valence-electron chi connectivity index (χ1n) is 14.6. The summed E-state index contributed by atoms with van der Waals surface area (Å²) < 4.78 is 66.7. The largest absolute Gasteiger partial charge is 0.495 e. The molecule has 0 saturated carbocycles. The van der Waals surface area contributed by atoms with E-state index in [0.29, 0.717) is 48.1 Å². The molecule has 0 radical (unpaired) electrons. The number of halogens is 3. The number of ether oxygens (including phenoxy) is 1. The fraction of sp³-hybridized carbons (Fsp3) is 0.367. The van der Waals surface area contributed by atoms with Gasteiger partial charge in [-0.25, -0.2) is 4.98 Å². The molecule has 2 unspecified atom stereocenters. The number of aliphatic hydroxyl groups excluding tert-OH is 2. The monoisotopic (exact) mass is 677 g/mol. The number of fused-ring (bicyclic) bond motifs is 1. The van der Waals surface area contributed by atoms with E-state index in [1.807, 2.05) is 6.20 Å². The van der Waals surface area contributed by atoms with E-state index in [1.54, 1.807) is 47.9 Å². The summed E-state index contributed by atoms with van der Waals surface area (Å²) in [5, 5.41) is 30.2. The summed E-state index contributed by atoms with van der Waals surface area (Å²) in [5.41, 5.74) is 2.50. The van der Waals surface area contributed by atoms with Crippen molar-refractivity contribution in [3.05, 3.63) is 71.2 Å². The van der Waals surface area contributed by atoms with E-state index in [2.05, 4.69) is 25.7 Å². The molecule has 2 aromatic carbocycles. The molecule has 0 aliphatic carbocycles. The van der Waals surface area contributed by atoms with Crippen LogP contribution in [0.5, 0.6) is 5.75 Å². The zero-order valence-corrected chi connectivity index (χ0v) is 26.7. The van der Waals surface area contributed by atoms with Crippen LogP contribution in [0.3, 0.4) is 0 Å². The van der Waals surface area contributed by atoms with Gasteiger partial charge in [0.15, 0.2) is 0 Å². The van der Waals surface area contributed by atoms with Gasteiger partial charge in [-0.3, -0.25) is 14.1 Å². The molecule has 17 heteroatoms. The highest BCUT2D eigenvalue weighted by molar-refractivity contribution is 7.51. The fourth-order valence-corrected chi connectivity index (χ4v) is 6.48. The quantitative estimate of drug-likeness (QED) is 0.115. The summed E-state index contributed by atoms with van der Waals surface area (Å²) in [6.45, 7) is 2.53. The number of aromatic nitrogens is 4. The van der Waals surface area contributed by atoms with Crippen molar-refractivity contribution in [1.29, 1.82) is 0 Å². The average Bonchev–Trinajstić information content (AvgIpc) is 3.60. The second-order valence-electron chi connectivity index (χ2n) is 10.9. The molecule has 0 spiro atoms. The number of aryl methyl sites for hydroxylation is 1. The highest BCUT2D eigenvalue weighted by Gasteiger charge is 2.37. The predicted molar refractivity (Wildman–Crippen MR) is 168 cm³/mol. The summed E-state index contributed by atoms with van der Waals surface area (Å²) >= 11 is 0. The summed E-state index contributed by atoms with van der Waals surface area (Å²) in [7, 11) is -0.801. The maximum atomic E-state index is 14.2. The van der Waals surface area contributed by atoms with E-state index in [0.717, 1.165) is 11.1 Å². The minimum atomic E-state index is -4.80. The molecule has 4 aromatic rings. The van der Waals surface area contributed by atoms with E-state index in [1.165, 1.54) is 19.2 Å². The maximum absolute atomic E-state index is 14.2. The minimum Gasteiger partial charge on any atom is -0.495 e. The topological polar surface area (TPSA) is 167 Å². The smallest absolute Gasteiger partial charge is 0.421 e. The van der Waals surface area contributed by atoms with Gasteiger partial charge >= 0.3 is 13.8 Å². The first-order chi connectivity index (χ1) is 22.3. The number of aliphatic hydroxyl groups is 2. The SMILES string of the molecule is CCOP(=O)(O)Cc1ccc(Nc2ncc(C(F)(F)F)c(Nc3ccc(-c4cnn(CCCO)c4)c4c3C(O)N(C)C4)n2)c(OC)c1. The number of anilines is 4. The molecule has 47 heavy (non-hydrogen) atoms. The molecule has 0 saturated heterocycles. The number of hydrogen-bond acceptors (Lipinski definition) is 11. The van der Waals surface area contributed by atoms with E-state index in [-0.39, 0.29) is 36.8 Å². The Hall–Kier alpha value is -4.05. The van der Waals surface area contributed by atoms with Crippen LogP contribution in [0.25, 0.3) is 11.1 Å². The molecule has 252 valence electrons. The molecule has 0 fully saturated rings. The predicted octanol–water partition coefficient (Wildman–Crippen LogP) is 5.40. The molecule has 13 nitrogen and oxygen atoms in total. The lowest BCUT2D eigenvalue weighted by atomic mass is 9.97. The van der Waals surface area contributed by atoms with Gasteiger partial charge in [0.05, 0.1) is 31.8 Å². The zero-order chi connectivity index (χ0) is 33.9. The molecule has 5 rings (SSSR count). The van der Waals surface area contributed by atoms with Crippen molar-refractivity contribution in [2.75, 3.05) is 38.0 Å². The molecule has 2 aromatic heterocycles. The zero-order valence-electron chi connectivity index (χ0n) is 25.8. The van der Waals surface area contributed by atoms with Crippen molar-refractivity contribution in [3.8, 4) is 16.9 Å². The van der Waals surface area contributed by atoms with Gasteiger partial charge in [0.1, 0.15) is 23.4 Å². The van der Waals surface area contributed by atoms with Gasteiger partial charge < -0.3 is 35.0 Å². The summed E-state index contributed by atoms with van der Waals surface area (Å²) in [5.74, 6) is -0.497. The average molecular weight is 678 g/mol. The molecule has 1 aliphatic heterocycles. The Morgan fingerprint density at radius 2 is 1.91 bits per heavy atom. The van der Waals surface area contributed by atoms with Crippen LogP contribution in [0.15, 0.2) is 48.9 Å². The van der Waals surface area contributed by atoms with Crippen molar-refractivity contribution >= 4 is 30.7 Å². The van der Waals surface area contributed by atoms with Gasteiger partial charge in [-0.2, -0.15) is 23.3 Å². The molecule has 0 amide bonds. The Morgan fingerprint density at radius 3 is 2.62 bits per heavy atom. The van der Waals surface area contributed by atoms with Gasteiger partial charge in [-0.1, -0.05) is 12.1 Å². The summed E-state index contributed by atoms with van der Waals surface area (Å²) in [6.07, 6.45) is -1.52. The van der Waals surface area contributed by atoms with Crippen molar-refractivity contribution in [1.82, 2.24) is 24.6 Å². The first-order valence-corrected chi connectivity index (χ1v) is 16.4. The number of methoxy groups -OCH3 is 1. The molecule has 3 heterocycles. The van der Waals surface area contributed by atoms with Crippen LogP contribution in [-0.4, -0.2) is 67.1 Å². The normalized spacial score (nSPS) is 16.1. The van der Waals surface area contributed by atoms with Crippen molar-refractivity contribution in [2.24, 2.45) is 0 Å². The Bertz CT molecular complexity index is 1790. The Kier molecular flexibility index (Phi) is 10.2. The minimum absolute atomic E-state index is 0.0195. The number of hydrogen-bond donors (Lipinski definition) is 5. The Morgan fingerprint density at radius 1 is 1.15 bits per heavy atom. The molecular formula is C30H35F3N7O6P. The summed E-state index contributed by atoms with van der Waals surface area (Å²) in [6, 6.07) is 7.91. The van der Waals surface area contributed by atoms with Crippen molar-refractivity contribution < 1.29 is 42.1 Å².